The Balaban J connectivity index is 1.96. The highest BCUT2D eigenvalue weighted by Crippen LogP contribution is 2.29. The number of hydrogen-bond acceptors (Lipinski definition) is 4. The largest absolute Gasteiger partial charge is 0.390 e. The van der Waals surface area contributed by atoms with E-state index in [9.17, 15) is 5.11 Å². The van der Waals surface area contributed by atoms with Crippen molar-refractivity contribution >= 4 is 11.3 Å². The zero-order valence-electron chi connectivity index (χ0n) is 12.6. The van der Waals surface area contributed by atoms with E-state index < -0.39 is 0 Å². The van der Waals surface area contributed by atoms with Gasteiger partial charge in [-0.1, -0.05) is 36.8 Å². The molecule has 114 valence electrons. The molecule has 0 saturated heterocycles. The molecule has 0 saturated carbocycles. The summed E-state index contributed by atoms with van der Waals surface area (Å²) in [7, 11) is 0. The lowest BCUT2D eigenvalue weighted by Crippen LogP contribution is -1.99. The van der Waals surface area contributed by atoms with E-state index in [1.165, 1.54) is 18.4 Å². The first-order valence-corrected chi connectivity index (χ1v) is 8.40. The maximum atomic E-state index is 9.51. The fraction of sp³-hybridized carbons (Fsp3) is 0.294. The van der Waals surface area contributed by atoms with Gasteiger partial charge in [-0.3, -0.25) is 0 Å². The number of aliphatic hydroxyl groups excluding tert-OH is 1. The van der Waals surface area contributed by atoms with Crippen molar-refractivity contribution in [3.05, 3.63) is 53.0 Å². The molecule has 0 radical (unpaired) electrons. The van der Waals surface area contributed by atoms with Gasteiger partial charge in [0.1, 0.15) is 11.4 Å². The zero-order chi connectivity index (χ0) is 15.4. The van der Waals surface area contributed by atoms with Crippen LogP contribution in [0.15, 0.2) is 41.8 Å². The number of benzene rings is 1. The number of thiophene rings is 1. The molecule has 4 nitrogen and oxygen atoms in total. The van der Waals surface area contributed by atoms with Crippen LogP contribution in [0.2, 0.25) is 0 Å². The van der Waals surface area contributed by atoms with Gasteiger partial charge in [0, 0.05) is 0 Å². The minimum atomic E-state index is -0.109. The van der Waals surface area contributed by atoms with Crippen molar-refractivity contribution in [2.45, 2.75) is 32.8 Å². The monoisotopic (exact) mass is 313 g/mol. The van der Waals surface area contributed by atoms with Gasteiger partial charge < -0.3 is 5.11 Å². The van der Waals surface area contributed by atoms with Crippen LogP contribution in [-0.4, -0.2) is 20.1 Å². The molecule has 0 bridgehead atoms. The lowest BCUT2D eigenvalue weighted by molar-refractivity contribution is 0.277. The molecule has 2 aromatic heterocycles. The van der Waals surface area contributed by atoms with E-state index in [0.717, 1.165) is 22.7 Å². The summed E-state index contributed by atoms with van der Waals surface area (Å²) in [5, 5.41) is 19.9. The van der Waals surface area contributed by atoms with Crippen molar-refractivity contribution in [3.63, 3.8) is 0 Å². The lowest BCUT2D eigenvalue weighted by atomic mass is 10.1. The van der Waals surface area contributed by atoms with Crippen molar-refractivity contribution in [2.24, 2.45) is 0 Å². The first-order valence-electron chi connectivity index (χ1n) is 7.52. The molecule has 0 amide bonds. The smallest absolute Gasteiger partial charge is 0.117 e. The van der Waals surface area contributed by atoms with E-state index in [0.29, 0.717) is 5.69 Å². The molecule has 1 N–H and O–H groups in total. The average Bonchev–Trinajstić information content (AvgIpc) is 3.21. The van der Waals surface area contributed by atoms with Gasteiger partial charge in [0.25, 0.3) is 0 Å². The average molecular weight is 313 g/mol. The van der Waals surface area contributed by atoms with E-state index in [1.54, 1.807) is 16.0 Å². The molecule has 0 spiro atoms. The van der Waals surface area contributed by atoms with Gasteiger partial charge in [0.15, 0.2) is 0 Å². The highest BCUT2D eigenvalue weighted by Gasteiger charge is 2.16. The molecule has 3 rings (SSSR count). The maximum Gasteiger partial charge on any atom is 0.117 e. The van der Waals surface area contributed by atoms with Crippen LogP contribution in [0.3, 0.4) is 0 Å². The van der Waals surface area contributed by atoms with Crippen LogP contribution in [0.5, 0.6) is 0 Å². The van der Waals surface area contributed by atoms with Gasteiger partial charge in [-0.25, -0.2) is 4.68 Å². The molecule has 0 aliphatic rings. The molecule has 0 atom stereocenters. The molecular formula is C17H19N3OS. The Labute approximate surface area is 134 Å². The summed E-state index contributed by atoms with van der Waals surface area (Å²) < 4.78 is 1.81. The molecule has 0 fully saturated rings. The molecule has 0 unspecified atom stereocenters. The fourth-order valence-electron chi connectivity index (χ4n) is 2.44. The Kier molecular flexibility index (Phi) is 4.65. The second-order valence-electron chi connectivity index (χ2n) is 5.20. The third-order valence-corrected chi connectivity index (χ3v) is 4.52. The van der Waals surface area contributed by atoms with Gasteiger partial charge in [0.05, 0.1) is 17.2 Å². The summed E-state index contributed by atoms with van der Waals surface area (Å²) in [6, 6.07) is 12.4. The van der Waals surface area contributed by atoms with E-state index in [-0.39, 0.29) is 6.61 Å². The molecule has 5 heteroatoms. The number of aromatic nitrogens is 3. The van der Waals surface area contributed by atoms with Gasteiger partial charge in [-0.2, -0.15) is 0 Å². The number of hydrogen-bond donors (Lipinski definition) is 1. The van der Waals surface area contributed by atoms with Crippen LogP contribution in [0.25, 0.3) is 16.3 Å². The lowest BCUT2D eigenvalue weighted by Gasteiger charge is -2.07. The van der Waals surface area contributed by atoms with Gasteiger partial charge in [-0.05, 0) is 42.0 Å². The summed E-state index contributed by atoms with van der Waals surface area (Å²) in [5.74, 6) is 0. The molecule has 22 heavy (non-hydrogen) atoms. The quantitative estimate of drug-likeness (QED) is 0.752. The predicted molar refractivity (Wildman–Crippen MR) is 89.2 cm³/mol. The van der Waals surface area contributed by atoms with E-state index >= 15 is 0 Å². The van der Waals surface area contributed by atoms with E-state index in [4.69, 9.17) is 0 Å². The molecular weight excluding hydrogens is 294 g/mol. The number of aryl methyl sites for hydroxylation is 1. The van der Waals surface area contributed by atoms with Crippen molar-refractivity contribution in [2.75, 3.05) is 0 Å². The molecule has 1 aromatic carbocycles. The Morgan fingerprint density at radius 1 is 1.18 bits per heavy atom. The van der Waals surface area contributed by atoms with Crippen molar-refractivity contribution in [1.82, 2.24) is 15.0 Å². The minimum Gasteiger partial charge on any atom is -0.390 e. The highest BCUT2D eigenvalue weighted by molar-refractivity contribution is 7.13. The predicted octanol–water partition coefficient (Wildman–Crippen LogP) is 3.83. The first-order chi connectivity index (χ1) is 10.8. The minimum absolute atomic E-state index is 0.109. The normalized spacial score (nSPS) is 11.0. The van der Waals surface area contributed by atoms with Crippen LogP contribution in [0.1, 0.15) is 31.0 Å². The Morgan fingerprint density at radius 3 is 2.64 bits per heavy atom. The molecule has 0 aliphatic carbocycles. The van der Waals surface area contributed by atoms with Gasteiger partial charge in [-0.15, -0.1) is 16.4 Å². The fourth-order valence-corrected chi connectivity index (χ4v) is 3.22. The number of aliphatic hydroxyl groups is 1. The summed E-state index contributed by atoms with van der Waals surface area (Å²) >= 11 is 1.62. The second kappa shape index (κ2) is 6.85. The second-order valence-corrected chi connectivity index (χ2v) is 6.15. The van der Waals surface area contributed by atoms with Crippen molar-refractivity contribution < 1.29 is 5.11 Å². The SMILES string of the molecule is CCCCc1ccc(-n2nnc(CO)c2-c2cccs2)cc1. The van der Waals surface area contributed by atoms with Crippen LogP contribution in [-0.2, 0) is 13.0 Å². The van der Waals surface area contributed by atoms with Crippen LogP contribution >= 0.6 is 11.3 Å². The first kappa shape index (κ1) is 14.9. The highest BCUT2D eigenvalue weighted by atomic mass is 32.1. The van der Waals surface area contributed by atoms with E-state index in [1.807, 2.05) is 17.5 Å². The molecule has 0 aliphatic heterocycles. The topological polar surface area (TPSA) is 50.9 Å². The Bertz CT molecular complexity index is 717. The number of nitrogens with zero attached hydrogens (tertiary/aromatic N) is 3. The van der Waals surface area contributed by atoms with Crippen molar-refractivity contribution in [3.8, 4) is 16.3 Å². The van der Waals surface area contributed by atoms with Gasteiger partial charge >= 0.3 is 0 Å². The van der Waals surface area contributed by atoms with Crippen LogP contribution in [0.4, 0.5) is 0 Å². The molecule has 3 aromatic rings. The summed E-state index contributed by atoms with van der Waals surface area (Å²) in [6.07, 6.45) is 3.51. The van der Waals surface area contributed by atoms with Gasteiger partial charge in [0.2, 0.25) is 0 Å². The zero-order valence-corrected chi connectivity index (χ0v) is 13.4. The Morgan fingerprint density at radius 2 is 2.00 bits per heavy atom. The summed E-state index contributed by atoms with van der Waals surface area (Å²) in [6.45, 7) is 2.09. The number of rotatable bonds is 6. The standard InChI is InChI=1S/C17H19N3OS/c1-2-3-5-13-7-9-14(10-8-13)20-17(15(12-21)18-19-20)16-6-4-11-22-16/h4,6-11,21H,2-3,5,12H2,1H3. The van der Waals surface area contributed by atoms with Crippen LogP contribution < -0.4 is 0 Å². The summed E-state index contributed by atoms with van der Waals surface area (Å²) in [4.78, 5) is 1.06. The summed E-state index contributed by atoms with van der Waals surface area (Å²) in [5.41, 5.74) is 3.79. The van der Waals surface area contributed by atoms with E-state index in [2.05, 4.69) is 41.5 Å². The van der Waals surface area contributed by atoms with Crippen molar-refractivity contribution in [1.29, 1.82) is 0 Å². The Hall–Kier alpha value is -1.98. The molecule has 2 heterocycles. The third-order valence-electron chi connectivity index (χ3n) is 3.64. The maximum absolute atomic E-state index is 9.51. The van der Waals surface area contributed by atoms with Crippen LogP contribution in [0, 0.1) is 0 Å². The third kappa shape index (κ3) is 2.96. The number of unbranched alkanes of at least 4 members (excludes halogenated alkanes) is 1.